The number of carbonyl (C=O) groups excluding carboxylic acids is 1. The zero-order chi connectivity index (χ0) is 19.7. The van der Waals surface area contributed by atoms with Crippen molar-refractivity contribution >= 4 is 21.6 Å². The second-order valence-corrected chi connectivity index (χ2v) is 9.68. The highest BCUT2D eigenvalue weighted by Gasteiger charge is 2.22. The molecule has 2 aromatic rings. The summed E-state index contributed by atoms with van der Waals surface area (Å²) >= 11 is 0. The van der Waals surface area contributed by atoms with Crippen LogP contribution in [0, 0.1) is 0 Å². The van der Waals surface area contributed by atoms with Gasteiger partial charge in [-0.15, -0.1) is 0 Å². The number of rotatable bonds is 5. The van der Waals surface area contributed by atoms with Crippen LogP contribution in [0.5, 0.6) is 0 Å². The van der Waals surface area contributed by atoms with E-state index in [9.17, 15) is 13.2 Å². The molecule has 2 aromatic carbocycles. The Balaban J connectivity index is 1.67. The average Bonchev–Trinajstić information content (AvgIpc) is 3.06. The molecule has 0 radical (unpaired) electrons. The Morgan fingerprint density at radius 3 is 2.15 bits per heavy atom. The number of nitrogens with one attached hydrogen (secondary N) is 1. The maximum Gasteiger partial charge on any atom is 0.240 e. The summed E-state index contributed by atoms with van der Waals surface area (Å²) < 4.78 is 27.7. The Morgan fingerprint density at radius 2 is 1.63 bits per heavy atom. The summed E-state index contributed by atoms with van der Waals surface area (Å²) in [5, 5.41) is 0. The lowest BCUT2D eigenvalue weighted by atomic mass is 9.87. The standard InChI is InChI=1S/C21H26N2O3S/c1-21(2,3)17-8-6-16(7-9-17)15-22-27(25,26)19-12-10-18(11-13-19)23-14-4-5-20(23)24/h6-13,22H,4-5,14-15H2,1-3H3. The van der Waals surface area contributed by atoms with E-state index in [1.807, 2.05) is 24.3 Å². The molecule has 0 aliphatic carbocycles. The monoisotopic (exact) mass is 386 g/mol. The van der Waals surface area contributed by atoms with Crippen molar-refractivity contribution < 1.29 is 13.2 Å². The molecule has 6 heteroatoms. The van der Waals surface area contributed by atoms with E-state index in [0.717, 1.165) is 17.7 Å². The van der Waals surface area contributed by atoms with Crippen molar-refractivity contribution in [2.45, 2.75) is 50.5 Å². The van der Waals surface area contributed by atoms with Crippen molar-refractivity contribution in [1.82, 2.24) is 4.72 Å². The predicted molar refractivity (Wildman–Crippen MR) is 107 cm³/mol. The van der Waals surface area contributed by atoms with Crippen LogP contribution in [0.15, 0.2) is 53.4 Å². The molecule has 0 saturated carbocycles. The normalized spacial score (nSPS) is 15.4. The Hall–Kier alpha value is -2.18. The van der Waals surface area contributed by atoms with Crippen LogP contribution in [0.25, 0.3) is 0 Å². The molecule has 1 heterocycles. The van der Waals surface area contributed by atoms with Gasteiger partial charge < -0.3 is 4.90 Å². The van der Waals surface area contributed by atoms with Crippen molar-refractivity contribution in [2.24, 2.45) is 0 Å². The fraction of sp³-hybridized carbons (Fsp3) is 0.381. The maximum absolute atomic E-state index is 12.5. The predicted octanol–water partition coefficient (Wildman–Crippen LogP) is 3.59. The van der Waals surface area contributed by atoms with Gasteiger partial charge in [-0.2, -0.15) is 0 Å². The van der Waals surface area contributed by atoms with E-state index >= 15 is 0 Å². The van der Waals surface area contributed by atoms with Gasteiger partial charge in [-0.1, -0.05) is 45.0 Å². The molecule has 0 aromatic heterocycles. The molecule has 1 aliphatic rings. The molecule has 1 saturated heterocycles. The molecule has 1 N–H and O–H groups in total. The van der Waals surface area contributed by atoms with Gasteiger partial charge in [0.05, 0.1) is 4.90 Å². The first kappa shape index (κ1) is 19.6. The van der Waals surface area contributed by atoms with Crippen molar-refractivity contribution in [2.75, 3.05) is 11.4 Å². The number of amides is 1. The molecule has 3 rings (SSSR count). The minimum Gasteiger partial charge on any atom is -0.312 e. The van der Waals surface area contributed by atoms with Crippen LogP contribution in [0.1, 0.15) is 44.7 Å². The number of sulfonamides is 1. The highest BCUT2D eigenvalue weighted by atomic mass is 32.2. The third kappa shape index (κ3) is 4.57. The highest BCUT2D eigenvalue weighted by Crippen LogP contribution is 2.24. The Morgan fingerprint density at radius 1 is 1.00 bits per heavy atom. The summed E-state index contributed by atoms with van der Waals surface area (Å²) in [7, 11) is -3.60. The van der Waals surface area contributed by atoms with E-state index in [4.69, 9.17) is 0 Å². The van der Waals surface area contributed by atoms with E-state index in [2.05, 4.69) is 25.5 Å². The lowest BCUT2D eigenvalue weighted by molar-refractivity contribution is -0.117. The van der Waals surface area contributed by atoms with E-state index in [0.29, 0.717) is 13.0 Å². The van der Waals surface area contributed by atoms with Gasteiger partial charge in [-0.25, -0.2) is 13.1 Å². The fourth-order valence-corrected chi connectivity index (χ4v) is 4.13. The number of nitrogens with zero attached hydrogens (tertiary/aromatic N) is 1. The molecule has 0 bridgehead atoms. The third-order valence-corrected chi connectivity index (χ3v) is 6.24. The minimum atomic E-state index is -3.60. The molecule has 1 amide bonds. The summed E-state index contributed by atoms with van der Waals surface area (Å²) in [5.74, 6) is 0.0856. The topological polar surface area (TPSA) is 66.5 Å². The molecule has 27 heavy (non-hydrogen) atoms. The largest absolute Gasteiger partial charge is 0.312 e. The van der Waals surface area contributed by atoms with Crippen LogP contribution in [-0.4, -0.2) is 20.9 Å². The van der Waals surface area contributed by atoms with Crippen LogP contribution >= 0.6 is 0 Å². The van der Waals surface area contributed by atoms with Gasteiger partial charge in [0.25, 0.3) is 0 Å². The minimum absolute atomic E-state index is 0.0660. The summed E-state index contributed by atoms with van der Waals surface area (Å²) in [4.78, 5) is 13.7. The molecule has 1 fully saturated rings. The number of hydrogen-bond acceptors (Lipinski definition) is 3. The van der Waals surface area contributed by atoms with Crippen molar-refractivity contribution in [3.8, 4) is 0 Å². The van der Waals surface area contributed by atoms with E-state index in [-0.39, 0.29) is 22.8 Å². The molecular formula is C21H26N2O3S. The van der Waals surface area contributed by atoms with Crippen molar-refractivity contribution in [3.63, 3.8) is 0 Å². The lowest BCUT2D eigenvalue weighted by Crippen LogP contribution is -2.25. The molecule has 1 aliphatic heterocycles. The second-order valence-electron chi connectivity index (χ2n) is 7.91. The van der Waals surface area contributed by atoms with Gasteiger partial charge in [0.2, 0.25) is 15.9 Å². The van der Waals surface area contributed by atoms with Gasteiger partial charge in [0, 0.05) is 25.2 Å². The quantitative estimate of drug-likeness (QED) is 0.854. The number of benzene rings is 2. The summed E-state index contributed by atoms with van der Waals surface area (Å²) in [6.07, 6.45) is 1.39. The first-order chi connectivity index (χ1) is 12.7. The van der Waals surface area contributed by atoms with Crippen LogP contribution in [0.2, 0.25) is 0 Å². The van der Waals surface area contributed by atoms with E-state index < -0.39 is 10.0 Å². The van der Waals surface area contributed by atoms with Gasteiger partial charge >= 0.3 is 0 Å². The molecular weight excluding hydrogens is 360 g/mol. The van der Waals surface area contributed by atoms with E-state index in [1.165, 1.54) is 5.56 Å². The van der Waals surface area contributed by atoms with Crippen LogP contribution in [0.4, 0.5) is 5.69 Å². The third-order valence-electron chi connectivity index (χ3n) is 4.82. The van der Waals surface area contributed by atoms with Gasteiger partial charge in [-0.05, 0) is 47.2 Å². The molecule has 5 nitrogen and oxygen atoms in total. The average molecular weight is 387 g/mol. The summed E-state index contributed by atoms with van der Waals surface area (Å²) in [6, 6.07) is 14.4. The lowest BCUT2D eigenvalue weighted by Gasteiger charge is -2.19. The molecule has 0 unspecified atom stereocenters. The Labute approximate surface area is 161 Å². The molecule has 0 atom stereocenters. The van der Waals surface area contributed by atoms with Gasteiger partial charge in [0.1, 0.15) is 0 Å². The smallest absolute Gasteiger partial charge is 0.240 e. The number of anilines is 1. The van der Waals surface area contributed by atoms with Crippen molar-refractivity contribution in [1.29, 1.82) is 0 Å². The number of hydrogen-bond donors (Lipinski definition) is 1. The SMILES string of the molecule is CC(C)(C)c1ccc(CNS(=O)(=O)c2ccc(N3CCCC3=O)cc2)cc1. The summed E-state index contributed by atoms with van der Waals surface area (Å²) in [6.45, 7) is 7.35. The first-order valence-corrected chi connectivity index (χ1v) is 10.6. The maximum atomic E-state index is 12.5. The molecule has 144 valence electrons. The van der Waals surface area contributed by atoms with Crippen LogP contribution < -0.4 is 9.62 Å². The van der Waals surface area contributed by atoms with Crippen molar-refractivity contribution in [3.05, 3.63) is 59.7 Å². The zero-order valence-electron chi connectivity index (χ0n) is 16.0. The Bertz CT molecular complexity index is 911. The van der Waals surface area contributed by atoms with Gasteiger partial charge in [0.15, 0.2) is 0 Å². The fourth-order valence-electron chi connectivity index (χ4n) is 3.11. The second kappa shape index (κ2) is 7.44. The van der Waals surface area contributed by atoms with Gasteiger partial charge in [-0.3, -0.25) is 4.79 Å². The van der Waals surface area contributed by atoms with Crippen LogP contribution in [0.3, 0.4) is 0 Å². The highest BCUT2D eigenvalue weighted by molar-refractivity contribution is 7.89. The summed E-state index contributed by atoms with van der Waals surface area (Å²) in [5.41, 5.74) is 2.93. The van der Waals surface area contributed by atoms with Crippen LogP contribution in [-0.2, 0) is 26.8 Å². The Kier molecular flexibility index (Phi) is 5.40. The molecule has 0 spiro atoms. The van der Waals surface area contributed by atoms with E-state index in [1.54, 1.807) is 29.2 Å². The first-order valence-electron chi connectivity index (χ1n) is 9.16. The number of carbonyl (C=O) groups is 1. The zero-order valence-corrected chi connectivity index (χ0v) is 16.8.